The predicted octanol–water partition coefficient (Wildman–Crippen LogP) is 2.17. The molecule has 0 saturated carbocycles. The fourth-order valence-corrected chi connectivity index (χ4v) is 1.22. The Labute approximate surface area is 101 Å². The summed E-state index contributed by atoms with van der Waals surface area (Å²) in [5.41, 5.74) is -1.02. The van der Waals surface area contributed by atoms with Gasteiger partial charge in [-0.15, -0.1) is 0 Å². The minimum Gasteiger partial charge on any atom is -0.490 e. The van der Waals surface area contributed by atoms with Crippen LogP contribution in [0.2, 0.25) is 0 Å². The van der Waals surface area contributed by atoms with Crippen LogP contribution in [0.25, 0.3) is 6.08 Å². The molecule has 0 amide bonds. The van der Waals surface area contributed by atoms with Crippen molar-refractivity contribution in [3.63, 3.8) is 0 Å². The number of nitriles is 2. The Bertz CT molecular complexity index is 595. The highest BCUT2D eigenvalue weighted by Gasteiger charge is 2.18. The number of nitro benzene ring substituents is 1. The molecule has 6 nitrogen and oxygen atoms in total. The SMILES string of the molecule is COc1cc(F)c(C=C(C#N)C#N)cc1[N+](=O)[O-]. The molecule has 1 aromatic carbocycles. The number of hydrogen-bond acceptors (Lipinski definition) is 5. The molecule has 7 heteroatoms. The Kier molecular flexibility index (Phi) is 3.95. The van der Waals surface area contributed by atoms with Crippen molar-refractivity contribution in [1.29, 1.82) is 10.5 Å². The van der Waals surface area contributed by atoms with Crippen LogP contribution in [0.5, 0.6) is 5.75 Å². The maximum Gasteiger partial charge on any atom is 0.311 e. The Morgan fingerprint density at radius 2 is 2.11 bits per heavy atom. The standard InChI is InChI=1S/C11H6FN3O3/c1-18-11-4-9(12)8(2-7(5-13)6-14)3-10(11)15(16)17/h2-4H,1H3. The largest absolute Gasteiger partial charge is 0.490 e. The zero-order chi connectivity index (χ0) is 13.7. The van der Waals surface area contributed by atoms with E-state index < -0.39 is 16.4 Å². The van der Waals surface area contributed by atoms with Gasteiger partial charge in [-0.25, -0.2) is 4.39 Å². The van der Waals surface area contributed by atoms with E-state index in [0.29, 0.717) is 0 Å². The molecule has 18 heavy (non-hydrogen) atoms. The van der Waals surface area contributed by atoms with Crippen LogP contribution in [0, 0.1) is 38.6 Å². The minimum atomic E-state index is -0.819. The number of nitrogens with zero attached hydrogens (tertiary/aromatic N) is 3. The Balaban J connectivity index is 3.45. The minimum absolute atomic E-state index is 0.222. The highest BCUT2D eigenvalue weighted by atomic mass is 19.1. The van der Waals surface area contributed by atoms with Crippen LogP contribution < -0.4 is 4.74 Å². The van der Waals surface area contributed by atoms with Gasteiger partial charge in [0.05, 0.1) is 12.0 Å². The average molecular weight is 247 g/mol. The van der Waals surface area contributed by atoms with Crippen molar-refractivity contribution < 1.29 is 14.1 Å². The summed E-state index contributed by atoms with van der Waals surface area (Å²) in [6.45, 7) is 0. The molecule has 0 N–H and O–H groups in total. The van der Waals surface area contributed by atoms with Crippen molar-refractivity contribution >= 4 is 11.8 Å². The van der Waals surface area contributed by atoms with Gasteiger partial charge in [-0.2, -0.15) is 10.5 Å². The van der Waals surface area contributed by atoms with Crippen LogP contribution in [0.15, 0.2) is 17.7 Å². The van der Waals surface area contributed by atoms with E-state index >= 15 is 0 Å². The second-order valence-corrected chi connectivity index (χ2v) is 3.08. The van der Waals surface area contributed by atoms with Crippen LogP contribution in [0.3, 0.4) is 0 Å². The Morgan fingerprint density at radius 3 is 2.56 bits per heavy atom. The van der Waals surface area contributed by atoms with Crippen molar-refractivity contribution in [1.82, 2.24) is 0 Å². The maximum absolute atomic E-state index is 13.5. The number of hydrogen-bond donors (Lipinski definition) is 0. The molecule has 0 fully saturated rings. The van der Waals surface area contributed by atoms with E-state index in [-0.39, 0.29) is 16.9 Å². The first-order valence-corrected chi connectivity index (χ1v) is 4.57. The molecular formula is C11H6FN3O3. The molecular weight excluding hydrogens is 241 g/mol. The van der Waals surface area contributed by atoms with E-state index in [1.165, 1.54) is 19.2 Å². The highest BCUT2D eigenvalue weighted by Crippen LogP contribution is 2.30. The van der Waals surface area contributed by atoms with Crippen molar-refractivity contribution in [3.8, 4) is 17.9 Å². The summed E-state index contributed by atoms with van der Waals surface area (Å²) in [6.07, 6.45) is 0.932. The smallest absolute Gasteiger partial charge is 0.311 e. The molecule has 1 aromatic rings. The van der Waals surface area contributed by atoms with Gasteiger partial charge in [0, 0.05) is 17.7 Å². The molecule has 0 aliphatic carbocycles. The number of halogens is 1. The van der Waals surface area contributed by atoms with Crippen LogP contribution in [-0.4, -0.2) is 12.0 Å². The normalized spacial score (nSPS) is 8.89. The molecule has 90 valence electrons. The van der Waals surface area contributed by atoms with E-state index in [4.69, 9.17) is 10.5 Å². The average Bonchev–Trinajstić information content (AvgIpc) is 2.36. The summed E-state index contributed by atoms with van der Waals surface area (Å²) in [4.78, 5) is 9.98. The maximum atomic E-state index is 13.5. The lowest BCUT2D eigenvalue weighted by atomic mass is 10.1. The van der Waals surface area contributed by atoms with E-state index in [2.05, 4.69) is 4.74 Å². The molecule has 0 heterocycles. The van der Waals surface area contributed by atoms with Gasteiger partial charge in [-0.1, -0.05) is 0 Å². The van der Waals surface area contributed by atoms with Gasteiger partial charge in [0.15, 0.2) is 5.75 Å². The van der Waals surface area contributed by atoms with Crippen LogP contribution in [-0.2, 0) is 0 Å². The molecule has 1 rings (SSSR count). The van der Waals surface area contributed by atoms with E-state index in [0.717, 1.165) is 18.2 Å². The van der Waals surface area contributed by atoms with Crippen LogP contribution >= 0.6 is 0 Å². The molecule has 0 radical (unpaired) electrons. The third-order valence-corrected chi connectivity index (χ3v) is 2.04. The Morgan fingerprint density at radius 1 is 1.50 bits per heavy atom. The van der Waals surface area contributed by atoms with Gasteiger partial charge in [-0.05, 0) is 6.08 Å². The van der Waals surface area contributed by atoms with E-state index in [1.54, 1.807) is 0 Å². The van der Waals surface area contributed by atoms with Crippen molar-refractivity contribution in [2.45, 2.75) is 0 Å². The first-order chi connectivity index (χ1) is 8.53. The van der Waals surface area contributed by atoms with E-state index in [1.807, 2.05) is 0 Å². The van der Waals surface area contributed by atoms with Gasteiger partial charge in [0.25, 0.3) is 0 Å². The molecule has 0 spiro atoms. The fraction of sp³-hybridized carbons (Fsp3) is 0.0909. The van der Waals surface area contributed by atoms with Crippen molar-refractivity contribution in [2.24, 2.45) is 0 Å². The summed E-state index contributed by atoms with van der Waals surface area (Å²) in [7, 11) is 1.17. The quantitative estimate of drug-likeness (QED) is 0.463. The third-order valence-electron chi connectivity index (χ3n) is 2.04. The number of benzene rings is 1. The molecule has 0 aliphatic rings. The number of nitro groups is 1. The van der Waals surface area contributed by atoms with Gasteiger partial charge < -0.3 is 4.74 Å². The van der Waals surface area contributed by atoms with Crippen molar-refractivity contribution in [2.75, 3.05) is 7.11 Å². The number of allylic oxidation sites excluding steroid dienone is 1. The zero-order valence-corrected chi connectivity index (χ0v) is 9.18. The fourth-order valence-electron chi connectivity index (χ4n) is 1.22. The summed E-state index contributed by atoms with van der Waals surface area (Å²) in [6, 6.07) is 4.81. The number of ether oxygens (including phenoxy) is 1. The van der Waals surface area contributed by atoms with Gasteiger partial charge >= 0.3 is 5.69 Å². The lowest BCUT2D eigenvalue weighted by Gasteiger charge is -2.03. The van der Waals surface area contributed by atoms with Gasteiger partial charge in [-0.3, -0.25) is 10.1 Å². The monoisotopic (exact) mass is 247 g/mol. The summed E-state index contributed by atoms with van der Waals surface area (Å²) in [5.74, 6) is -1.05. The van der Waals surface area contributed by atoms with Crippen LogP contribution in [0.1, 0.15) is 5.56 Å². The predicted molar refractivity (Wildman–Crippen MR) is 58.8 cm³/mol. The van der Waals surface area contributed by atoms with Crippen LogP contribution in [0.4, 0.5) is 10.1 Å². The zero-order valence-electron chi connectivity index (χ0n) is 9.18. The first kappa shape index (κ1) is 13.1. The van der Waals surface area contributed by atoms with Crippen molar-refractivity contribution in [3.05, 3.63) is 39.2 Å². The second-order valence-electron chi connectivity index (χ2n) is 3.08. The molecule has 0 atom stereocenters. The third kappa shape index (κ3) is 2.60. The molecule has 0 aliphatic heterocycles. The highest BCUT2D eigenvalue weighted by molar-refractivity contribution is 5.66. The first-order valence-electron chi connectivity index (χ1n) is 4.57. The molecule has 0 bridgehead atoms. The molecule has 0 unspecified atom stereocenters. The van der Waals surface area contributed by atoms with E-state index in [9.17, 15) is 14.5 Å². The number of rotatable bonds is 3. The van der Waals surface area contributed by atoms with Gasteiger partial charge in [0.2, 0.25) is 0 Å². The Hall–Kier alpha value is -2.93. The number of methoxy groups -OCH3 is 1. The lowest BCUT2D eigenvalue weighted by molar-refractivity contribution is -0.385. The molecule has 0 saturated heterocycles. The topological polar surface area (TPSA) is 99.9 Å². The summed E-state index contributed by atoms with van der Waals surface area (Å²) >= 11 is 0. The molecule has 0 aromatic heterocycles. The van der Waals surface area contributed by atoms with Gasteiger partial charge in [0.1, 0.15) is 23.5 Å². The summed E-state index contributed by atoms with van der Waals surface area (Å²) in [5, 5.41) is 27.8. The lowest BCUT2D eigenvalue weighted by Crippen LogP contribution is -1.96. The summed E-state index contributed by atoms with van der Waals surface area (Å²) < 4.78 is 18.2. The second kappa shape index (κ2) is 5.41.